The van der Waals surface area contributed by atoms with Gasteiger partial charge in [-0.25, -0.2) is 4.39 Å². The van der Waals surface area contributed by atoms with E-state index in [1.54, 1.807) is 12.1 Å². The van der Waals surface area contributed by atoms with Crippen molar-refractivity contribution in [2.24, 2.45) is 0 Å². The van der Waals surface area contributed by atoms with Crippen molar-refractivity contribution < 1.29 is 9.18 Å². The summed E-state index contributed by atoms with van der Waals surface area (Å²) in [5.74, 6) is -0.173. The van der Waals surface area contributed by atoms with Crippen LogP contribution in [0.1, 0.15) is 16.7 Å². The minimum atomic E-state index is -0.232. The number of piperazine rings is 1. The molecular formula is C22H28FN3O. The lowest BCUT2D eigenvalue weighted by Crippen LogP contribution is -2.49. The van der Waals surface area contributed by atoms with Crippen molar-refractivity contribution in [3.63, 3.8) is 0 Å². The van der Waals surface area contributed by atoms with Gasteiger partial charge < -0.3 is 5.32 Å². The first-order chi connectivity index (χ1) is 13.1. The van der Waals surface area contributed by atoms with Crippen LogP contribution in [0, 0.1) is 12.7 Å². The lowest BCUT2D eigenvalue weighted by molar-refractivity contribution is -0.122. The minimum absolute atomic E-state index is 0.0595. The molecule has 0 bridgehead atoms. The van der Waals surface area contributed by atoms with Gasteiger partial charge in [0.2, 0.25) is 5.91 Å². The topological polar surface area (TPSA) is 35.6 Å². The summed E-state index contributed by atoms with van der Waals surface area (Å²) in [6, 6.07) is 15.1. The van der Waals surface area contributed by atoms with Gasteiger partial charge in [0.25, 0.3) is 0 Å². The molecular weight excluding hydrogens is 341 g/mol. The van der Waals surface area contributed by atoms with Crippen LogP contribution in [0.4, 0.5) is 4.39 Å². The van der Waals surface area contributed by atoms with Crippen molar-refractivity contribution >= 4 is 5.91 Å². The molecule has 0 atom stereocenters. The smallest absolute Gasteiger partial charge is 0.234 e. The molecule has 2 aromatic rings. The molecule has 3 rings (SSSR count). The summed E-state index contributed by atoms with van der Waals surface area (Å²) >= 11 is 0. The molecule has 1 heterocycles. The molecule has 1 N–H and O–H groups in total. The second-order valence-corrected chi connectivity index (χ2v) is 7.27. The maximum Gasteiger partial charge on any atom is 0.234 e. The molecule has 2 aromatic carbocycles. The van der Waals surface area contributed by atoms with E-state index in [9.17, 15) is 9.18 Å². The maximum atomic E-state index is 12.9. The molecule has 1 aliphatic rings. The summed E-state index contributed by atoms with van der Waals surface area (Å²) in [7, 11) is 0. The van der Waals surface area contributed by atoms with E-state index in [-0.39, 0.29) is 11.7 Å². The average molecular weight is 369 g/mol. The summed E-state index contributed by atoms with van der Waals surface area (Å²) in [6.07, 6.45) is 0.719. The third-order valence-electron chi connectivity index (χ3n) is 4.97. The summed E-state index contributed by atoms with van der Waals surface area (Å²) in [5.41, 5.74) is 3.67. The summed E-state index contributed by atoms with van der Waals surface area (Å²) in [5, 5.41) is 2.96. The van der Waals surface area contributed by atoms with E-state index >= 15 is 0 Å². The second kappa shape index (κ2) is 9.62. The van der Waals surface area contributed by atoms with Gasteiger partial charge in [0, 0.05) is 39.3 Å². The number of nitrogens with one attached hydrogen (secondary N) is 1. The SMILES string of the molecule is Cc1cccc(CN2CCN(CC(=O)NCCc3ccc(F)cc3)CC2)c1. The molecule has 27 heavy (non-hydrogen) atoms. The van der Waals surface area contributed by atoms with E-state index < -0.39 is 0 Å². The molecule has 0 saturated carbocycles. The van der Waals surface area contributed by atoms with Gasteiger partial charge in [-0.1, -0.05) is 42.0 Å². The standard InChI is InChI=1S/C22H28FN3O/c1-18-3-2-4-20(15-18)16-25-11-13-26(14-12-25)17-22(27)24-10-9-19-5-7-21(23)8-6-19/h2-8,15H,9-14,16-17H2,1H3,(H,24,27). The number of aryl methyl sites for hydroxylation is 1. The molecule has 0 unspecified atom stereocenters. The lowest BCUT2D eigenvalue weighted by Gasteiger charge is -2.34. The Kier molecular flexibility index (Phi) is 6.96. The fourth-order valence-corrected chi connectivity index (χ4v) is 3.43. The number of hydrogen-bond donors (Lipinski definition) is 1. The number of carbonyl (C=O) groups excluding carboxylic acids is 1. The molecule has 0 spiro atoms. The monoisotopic (exact) mass is 369 g/mol. The summed E-state index contributed by atoms with van der Waals surface area (Å²) in [4.78, 5) is 16.8. The average Bonchev–Trinajstić information content (AvgIpc) is 2.65. The molecule has 1 amide bonds. The zero-order chi connectivity index (χ0) is 19.1. The van der Waals surface area contributed by atoms with Crippen LogP contribution in [0.3, 0.4) is 0 Å². The van der Waals surface area contributed by atoms with Crippen LogP contribution in [0.25, 0.3) is 0 Å². The van der Waals surface area contributed by atoms with Gasteiger partial charge in [-0.2, -0.15) is 0 Å². The van der Waals surface area contributed by atoms with Crippen molar-refractivity contribution in [3.8, 4) is 0 Å². The van der Waals surface area contributed by atoms with E-state index in [0.717, 1.165) is 44.7 Å². The van der Waals surface area contributed by atoms with Crippen LogP contribution < -0.4 is 5.32 Å². The van der Waals surface area contributed by atoms with E-state index in [1.165, 1.54) is 23.3 Å². The fourth-order valence-electron chi connectivity index (χ4n) is 3.43. The number of rotatable bonds is 7. The highest BCUT2D eigenvalue weighted by molar-refractivity contribution is 5.78. The van der Waals surface area contributed by atoms with E-state index in [0.29, 0.717) is 13.1 Å². The maximum absolute atomic E-state index is 12.9. The molecule has 0 aliphatic carbocycles. The second-order valence-electron chi connectivity index (χ2n) is 7.27. The third-order valence-corrected chi connectivity index (χ3v) is 4.97. The Morgan fingerprint density at radius 1 is 1.00 bits per heavy atom. The number of carbonyl (C=O) groups is 1. The van der Waals surface area contributed by atoms with E-state index in [1.807, 2.05) is 0 Å². The first-order valence-corrected chi connectivity index (χ1v) is 9.60. The van der Waals surface area contributed by atoms with Gasteiger partial charge in [-0.05, 0) is 36.6 Å². The van der Waals surface area contributed by atoms with Gasteiger partial charge >= 0.3 is 0 Å². The predicted molar refractivity (Wildman–Crippen MR) is 106 cm³/mol. The molecule has 1 fully saturated rings. The minimum Gasteiger partial charge on any atom is -0.355 e. The predicted octanol–water partition coefficient (Wildman–Crippen LogP) is 2.61. The molecule has 0 aromatic heterocycles. The number of benzene rings is 2. The number of hydrogen-bond acceptors (Lipinski definition) is 3. The lowest BCUT2D eigenvalue weighted by atomic mass is 10.1. The molecule has 1 aliphatic heterocycles. The zero-order valence-electron chi connectivity index (χ0n) is 16.0. The normalized spacial score (nSPS) is 15.6. The molecule has 5 heteroatoms. The number of amides is 1. The molecule has 144 valence electrons. The van der Waals surface area contributed by atoms with Crippen LogP contribution in [-0.2, 0) is 17.8 Å². The Bertz CT molecular complexity index is 739. The van der Waals surface area contributed by atoms with Crippen LogP contribution in [0.2, 0.25) is 0 Å². The van der Waals surface area contributed by atoms with Gasteiger partial charge in [-0.3, -0.25) is 14.6 Å². The zero-order valence-corrected chi connectivity index (χ0v) is 16.0. The van der Waals surface area contributed by atoms with Crippen molar-refractivity contribution in [2.45, 2.75) is 19.9 Å². The van der Waals surface area contributed by atoms with Crippen LogP contribution >= 0.6 is 0 Å². The Labute approximate surface area is 161 Å². The molecule has 4 nitrogen and oxygen atoms in total. The van der Waals surface area contributed by atoms with E-state index in [4.69, 9.17) is 0 Å². The highest BCUT2D eigenvalue weighted by Crippen LogP contribution is 2.10. The van der Waals surface area contributed by atoms with Crippen molar-refractivity contribution in [3.05, 3.63) is 71.0 Å². The van der Waals surface area contributed by atoms with Crippen molar-refractivity contribution in [1.82, 2.24) is 15.1 Å². The Morgan fingerprint density at radius 3 is 2.41 bits per heavy atom. The summed E-state index contributed by atoms with van der Waals surface area (Å²) in [6.45, 7) is 7.91. The molecule has 1 saturated heterocycles. The van der Waals surface area contributed by atoms with Crippen LogP contribution in [0.5, 0.6) is 0 Å². The van der Waals surface area contributed by atoms with Crippen LogP contribution in [-0.4, -0.2) is 55.0 Å². The van der Waals surface area contributed by atoms with Gasteiger partial charge in [0.15, 0.2) is 0 Å². The van der Waals surface area contributed by atoms with Gasteiger partial charge in [-0.15, -0.1) is 0 Å². The quantitative estimate of drug-likeness (QED) is 0.815. The first kappa shape index (κ1) is 19.5. The largest absolute Gasteiger partial charge is 0.355 e. The first-order valence-electron chi connectivity index (χ1n) is 9.60. The fraction of sp³-hybridized carbons (Fsp3) is 0.409. The van der Waals surface area contributed by atoms with Crippen molar-refractivity contribution in [2.75, 3.05) is 39.3 Å². The Morgan fingerprint density at radius 2 is 1.70 bits per heavy atom. The van der Waals surface area contributed by atoms with Crippen molar-refractivity contribution in [1.29, 1.82) is 0 Å². The summed E-state index contributed by atoms with van der Waals surface area (Å²) < 4.78 is 12.9. The van der Waals surface area contributed by atoms with Gasteiger partial charge in [0.1, 0.15) is 5.82 Å². The Hall–Kier alpha value is -2.24. The highest BCUT2D eigenvalue weighted by Gasteiger charge is 2.18. The Balaban J connectivity index is 1.33. The number of halogens is 1. The van der Waals surface area contributed by atoms with Crippen LogP contribution in [0.15, 0.2) is 48.5 Å². The van der Waals surface area contributed by atoms with Gasteiger partial charge in [0.05, 0.1) is 6.54 Å². The third kappa shape index (κ3) is 6.45. The van der Waals surface area contributed by atoms with E-state index in [2.05, 4.69) is 46.3 Å². The molecule has 0 radical (unpaired) electrons. The highest BCUT2D eigenvalue weighted by atomic mass is 19.1. The number of nitrogens with zero attached hydrogens (tertiary/aromatic N) is 2.